The molecule has 1 rings (SSSR count). The molecule has 0 aliphatic heterocycles. The molecule has 0 radical (unpaired) electrons. The van der Waals surface area contributed by atoms with Crippen LogP contribution in [0.1, 0.15) is 6.92 Å². The Balaban J connectivity index is 3.17. The van der Waals surface area contributed by atoms with Crippen LogP contribution in [0.15, 0.2) is 12.3 Å². The molecule has 13 heavy (non-hydrogen) atoms. The molecule has 0 unspecified atom stereocenters. The van der Waals surface area contributed by atoms with E-state index in [0.29, 0.717) is 6.61 Å². The Bertz CT molecular complexity index is 330. The summed E-state index contributed by atoms with van der Waals surface area (Å²) in [6.07, 6.45) is 1.36. The van der Waals surface area contributed by atoms with Crippen LogP contribution in [-0.2, 0) is 0 Å². The molecule has 6 heteroatoms. The van der Waals surface area contributed by atoms with Gasteiger partial charge in [-0.2, -0.15) is 0 Å². The first kappa shape index (κ1) is 9.73. The fourth-order valence-electron chi connectivity index (χ4n) is 0.849. The van der Waals surface area contributed by atoms with Gasteiger partial charge < -0.3 is 4.74 Å². The summed E-state index contributed by atoms with van der Waals surface area (Å²) in [5.41, 5.74) is -0.286. The van der Waals surface area contributed by atoms with Gasteiger partial charge in [0.05, 0.1) is 11.5 Å². The third-order valence-corrected chi connectivity index (χ3v) is 1.60. The maximum Gasteiger partial charge on any atom is 0.347 e. The van der Waals surface area contributed by atoms with Gasteiger partial charge in [0.15, 0.2) is 0 Å². The average molecular weight is 203 g/mol. The quantitative estimate of drug-likeness (QED) is 0.427. The van der Waals surface area contributed by atoms with E-state index in [0.717, 1.165) is 0 Å². The van der Waals surface area contributed by atoms with E-state index >= 15 is 0 Å². The highest BCUT2D eigenvalue weighted by Gasteiger charge is 2.20. The third-order valence-electron chi connectivity index (χ3n) is 1.33. The monoisotopic (exact) mass is 202 g/mol. The number of hydrogen-bond donors (Lipinski definition) is 0. The van der Waals surface area contributed by atoms with Gasteiger partial charge in [-0.1, -0.05) is 11.6 Å². The molecule has 0 bridgehead atoms. The van der Waals surface area contributed by atoms with Crippen LogP contribution < -0.4 is 4.74 Å². The van der Waals surface area contributed by atoms with E-state index < -0.39 is 4.92 Å². The predicted octanol–water partition coefficient (Wildman–Crippen LogP) is 2.04. The molecule has 0 atom stereocenters. The summed E-state index contributed by atoms with van der Waals surface area (Å²) in [7, 11) is 0. The van der Waals surface area contributed by atoms with Crippen molar-refractivity contribution in [2.45, 2.75) is 6.92 Å². The highest BCUT2D eigenvalue weighted by molar-refractivity contribution is 6.31. The van der Waals surface area contributed by atoms with E-state index in [4.69, 9.17) is 16.3 Å². The van der Waals surface area contributed by atoms with E-state index in [1.807, 2.05) is 0 Å². The lowest BCUT2D eigenvalue weighted by Gasteiger charge is -2.03. The number of halogens is 1. The van der Waals surface area contributed by atoms with Gasteiger partial charge in [0.2, 0.25) is 10.9 Å². The summed E-state index contributed by atoms with van der Waals surface area (Å²) in [5, 5.41) is 10.4. The first-order valence-electron chi connectivity index (χ1n) is 3.58. The lowest BCUT2D eigenvalue weighted by molar-refractivity contribution is -0.386. The predicted molar refractivity (Wildman–Crippen MR) is 47.1 cm³/mol. The SMILES string of the molecule is CCOc1ccnc(Cl)c1[N+](=O)[O-]. The van der Waals surface area contributed by atoms with Crippen LogP contribution in [0.4, 0.5) is 5.69 Å². The average Bonchev–Trinajstić information content (AvgIpc) is 2.04. The number of ether oxygens (including phenoxy) is 1. The number of aromatic nitrogens is 1. The van der Waals surface area contributed by atoms with Gasteiger partial charge in [0, 0.05) is 12.3 Å². The molecule has 0 saturated heterocycles. The molecule has 0 fully saturated rings. The second kappa shape index (κ2) is 4.04. The molecule has 0 aliphatic rings. The van der Waals surface area contributed by atoms with Crippen molar-refractivity contribution >= 4 is 17.3 Å². The van der Waals surface area contributed by atoms with Gasteiger partial charge in [-0.3, -0.25) is 10.1 Å². The Morgan fingerprint density at radius 1 is 1.77 bits per heavy atom. The molecular formula is C7H7ClN2O3. The van der Waals surface area contributed by atoms with E-state index in [2.05, 4.69) is 4.98 Å². The molecule has 1 aromatic rings. The molecule has 0 saturated carbocycles. The Morgan fingerprint density at radius 2 is 2.46 bits per heavy atom. The minimum Gasteiger partial charge on any atom is -0.487 e. The Kier molecular flexibility index (Phi) is 3.02. The van der Waals surface area contributed by atoms with Crippen LogP contribution in [0.25, 0.3) is 0 Å². The van der Waals surface area contributed by atoms with Gasteiger partial charge in [0.1, 0.15) is 0 Å². The van der Waals surface area contributed by atoms with E-state index in [1.54, 1.807) is 6.92 Å². The van der Waals surface area contributed by atoms with Gasteiger partial charge in [-0.15, -0.1) is 0 Å². The second-order valence-electron chi connectivity index (χ2n) is 2.14. The van der Waals surface area contributed by atoms with Crippen LogP contribution in [0.2, 0.25) is 5.15 Å². The van der Waals surface area contributed by atoms with Crippen molar-refractivity contribution in [3.05, 3.63) is 27.5 Å². The first-order chi connectivity index (χ1) is 6.16. The first-order valence-corrected chi connectivity index (χ1v) is 3.96. The summed E-state index contributed by atoms with van der Waals surface area (Å²) in [6.45, 7) is 2.08. The van der Waals surface area contributed by atoms with Crippen molar-refractivity contribution in [2.75, 3.05) is 6.61 Å². The molecule has 5 nitrogen and oxygen atoms in total. The van der Waals surface area contributed by atoms with Gasteiger partial charge >= 0.3 is 5.69 Å². The fourth-order valence-corrected chi connectivity index (χ4v) is 1.07. The molecule has 1 heterocycles. The van der Waals surface area contributed by atoms with Crippen LogP contribution >= 0.6 is 11.6 Å². The number of nitrogens with zero attached hydrogens (tertiary/aromatic N) is 2. The van der Waals surface area contributed by atoms with E-state index in [1.165, 1.54) is 12.3 Å². The molecule has 70 valence electrons. The standard InChI is InChI=1S/C7H7ClN2O3/c1-2-13-5-3-4-9-7(8)6(5)10(11)12/h3-4H,2H2,1H3. The van der Waals surface area contributed by atoms with E-state index in [-0.39, 0.29) is 16.6 Å². The molecule has 0 spiro atoms. The van der Waals surface area contributed by atoms with E-state index in [9.17, 15) is 10.1 Å². The van der Waals surface area contributed by atoms with Crippen molar-refractivity contribution in [1.82, 2.24) is 4.98 Å². The Labute approximate surface area is 79.5 Å². The molecule has 0 aromatic carbocycles. The zero-order valence-electron chi connectivity index (χ0n) is 6.86. The summed E-state index contributed by atoms with van der Waals surface area (Å²) >= 11 is 5.53. The topological polar surface area (TPSA) is 65.3 Å². The highest BCUT2D eigenvalue weighted by Crippen LogP contribution is 2.32. The molecule has 0 amide bonds. The summed E-state index contributed by atoms with van der Waals surface area (Å²) in [4.78, 5) is 13.5. The van der Waals surface area contributed by atoms with Gasteiger partial charge in [-0.05, 0) is 6.92 Å². The summed E-state index contributed by atoms with van der Waals surface area (Å²) < 4.78 is 5.01. The number of nitro groups is 1. The molecule has 1 aromatic heterocycles. The van der Waals surface area contributed by atoms with Gasteiger partial charge in [0.25, 0.3) is 0 Å². The molecule has 0 N–H and O–H groups in total. The van der Waals surface area contributed by atoms with Crippen molar-refractivity contribution < 1.29 is 9.66 Å². The normalized spacial score (nSPS) is 9.69. The smallest absolute Gasteiger partial charge is 0.347 e. The zero-order chi connectivity index (χ0) is 9.84. The Hall–Kier alpha value is -1.36. The van der Waals surface area contributed by atoms with Crippen LogP contribution in [0, 0.1) is 10.1 Å². The van der Waals surface area contributed by atoms with Crippen molar-refractivity contribution in [1.29, 1.82) is 0 Å². The maximum absolute atomic E-state index is 10.5. The molecule has 0 aliphatic carbocycles. The number of hydrogen-bond acceptors (Lipinski definition) is 4. The Morgan fingerprint density at radius 3 is 3.00 bits per heavy atom. The number of rotatable bonds is 3. The summed E-state index contributed by atoms with van der Waals surface area (Å²) in [6, 6.07) is 1.41. The molecular weight excluding hydrogens is 196 g/mol. The van der Waals surface area contributed by atoms with Crippen LogP contribution in [-0.4, -0.2) is 16.5 Å². The van der Waals surface area contributed by atoms with Crippen molar-refractivity contribution in [2.24, 2.45) is 0 Å². The fraction of sp³-hybridized carbons (Fsp3) is 0.286. The van der Waals surface area contributed by atoms with Crippen LogP contribution in [0.5, 0.6) is 5.75 Å². The largest absolute Gasteiger partial charge is 0.487 e. The summed E-state index contributed by atoms with van der Waals surface area (Å²) in [5.74, 6) is 0.146. The third kappa shape index (κ3) is 2.06. The zero-order valence-corrected chi connectivity index (χ0v) is 7.61. The van der Waals surface area contributed by atoms with Crippen molar-refractivity contribution in [3.8, 4) is 5.75 Å². The minimum absolute atomic E-state index is 0.146. The lowest BCUT2D eigenvalue weighted by Crippen LogP contribution is -1.98. The number of pyridine rings is 1. The maximum atomic E-state index is 10.5. The van der Waals surface area contributed by atoms with Crippen molar-refractivity contribution in [3.63, 3.8) is 0 Å². The lowest BCUT2D eigenvalue weighted by atomic mass is 10.4. The van der Waals surface area contributed by atoms with Crippen LogP contribution in [0.3, 0.4) is 0 Å². The minimum atomic E-state index is -0.611. The second-order valence-corrected chi connectivity index (χ2v) is 2.50. The van der Waals surface area contributed by atoms with Gasteiger partial charge in [-0.25, -0.2) is 4.98 Å². The highest BCUT2D eigenvalue weighted by atomic mass is 35.5.